The van der Waals surface area contributed by atoms with Gasteiger partial charge >= 0.3 is 0 Å². The van der Waals surface area contributed by atoms with E-state index >= 15 is 0 Å². The Morgan fingerprint density at radius 2 is 1.81 bits per heavy atom. The van der Waals surface area contributed by atoms with Gasteiger partial charge in [-0.25, -0.2) is 4.98 Å². The Morgan fingerprint density at radius 1 is 1.19 bits per heavy atom. The summed E-state index contributed by atoms with van der Waals surface area (Å²) in [6.45, 7) is 5.69. The lowest BCUT2D eigenvalue weighted by Crippen LogP contribution is -2.27. The summed E-state index contributed by atoms with van der Waals surface area (Å²) in [5.41, 5.74) is 2.42. The molecule has 1 N–H and O–H groups in total. The molecule has 0 aliphatic rings. The molecule has 0 aliphatic carbocycles. The second kappa shape index (κ2) is 5.85. The van der Waals surface area contributed by atoms with Crippen LogP contribution in [0.2, 0.25) is 0 Å². The van der Waals surface area contributed by atoms with Crippen LogP contribution in [-0.2, 0) is 4.79 Å². The fraction of sp³-hybridized carbons (Fsp3) is 0.375. The number of amides is 1. The topological polar surface area (TPSA) is 45.2 Å². The van der Waals surface area contributed by atoms with Crippen LogP contribution in [0.25, 0.3) is 11.3 Å². The first-order valence-corrected chi connectivity index (χ1v) is 7.70. The van der Waals surface area contributed by atoms with Gasteiger partial charge in [-0.15, -0.1) is 11.3 Å². The van der Waals surface area contributed by atoms with E-state index in [1.165, 1.54) is 0 Å². The van der Waals surface area contributed by atoms with Gasteiger partial charge in [0.1, 0.15) is 0 Å². The van der Waals surface area contributed by atoms with Gasteiger partial charge in [0.05, 0.1) is 5.69 Å². The zero-order chi connectivity index (χ0) is 15.6. The summed E-state index contributed by atoms with van der Waals surface area (Å²) in [6.07, 6.45) is 0. The molecular formula is C16H21N3OS. The van der Waals surface area contributed by atoms with E-state index in [-0.39, 0.29) is 5.91 Å². The number of carbonyl (C=O) groups excluding carboxylic acids is 1. The second-order valence-electron chi connectivity index (χ2n) is 6.19. The van der Waals surface area contributed by atoms with Gasteiger partial charge in [-0.1, -0.05) is 32.9 Å². The van der Waals surface area contributed by atoms with E-state index < -0.39 is 5.41 Å². The van der Waals surface area contributed by atoms with E-state index in [1.54, 1.807) is 11.3 Å². The maximum atomic E-state index is 11.9. The first kappa shape index (κ1) is 15.5. The van der Waals surface area contributed by atoms with Gasteiger partial charge in [-0.05, 0) is 12.1 Å². The van der Waals surface area contributed by atoms with E-state index in [2.05, 4.69) is 10.3 Å². The number of carbonyl (C=O) groups is 1. The Morgan fingerprint density at radius 3 is 2.29 bits per heavy atom. The van der Waals surface area contributed by atoms with Gasteiger partial charge in [0.15, 0.2) is 5.13 Å². The molecule has 1 amide bonds. The first-order valence-electron chi connectivity index (χ1n) is 6.82. The van der Waals surface area contributed by atoms with Crippen molar-refractivity contribution in [3.8, 4) is 11.3 Å². The zero-order valence-corrected chi connectivity index (χ0v) is 13.9. The monoisotopic (exact) mass is 303 g/mol. The van der Waals surface area contributed by atoms with E-state index in [0.29, 0.717) is 0 Å². The quantitative estimate of drug-likeness (QED) is 0.936. The highest BCUT2D eigenvalue weighted by atomic mass is 32.1. The van der Waals surface area contributed by atoms with Crippen LogP contribution in [0, 0.1) is 5.41 Å². The standard InChI is InChI=1S/C16H21N3OS/c1-16(2,3)14(20)17-12-8-6-11(7-9-12)13-10-21-15(18-13)19(4)5/h6-10H,1-5H3,(H,17,20). The van der Waals surface area contributed by atoms with Gasteiger partial charge in [-0.3, -0.25) is 4.79 Å². The van der Waals surface area contributed by atoms with Crippen LogP contribution < -0.4 is 10.2 Å². The Hall–Kier alpha value is -1.88. The summed E-state index contributed by atoms with van der Waals surface area (Å²) < 4.78 is 0. The largest absolute Gasteiger partial charge is 0.354 e. The Kier molecular flexibility index (Phi) is 4.32. The van der Waals surface area contributed by atoms with Crippen molar-refractivity contribution in [1.82, 2.24) is 4.98 Å². The lowest BCUT2D eigenvalue weighted by atomic mass is 9.95. The molecule has 4 nitrogen and oxygen atoms in total. The molecule has 1 heterocycles. The number of rotatable bonds is 3. The van der Waals surface area contributed by atoms with Gasteiger partial charge < -0.3 is 10.2 Å². The highest BCUT2D eigenvalue weighted by molar-refractivity contribution is 7.14. The predicted molar refractivity (Wildman–Crippen MR) is 90.0 cm³/mol. The molecule has 1 aromatic carbocycles. The van der Waals surface area contributed by atoms with Crippen molar-refractivity contribution in [2.75, 3.05) is 24.3 Å². The van der Waals surface area contributed by atoms with Crippen molar-refractivity contribution in [3.63, 3.8) is 0 Å². The molecule has 0 fully saturated rings. The number of nitrogens with zero attached hydrogens (tertiary/aromatic N) is 2. The molecule has 0 saturated carbocycles. The van der Waals surface area contributed by atoms with Crippen LogP contribution in [0.4, 0.5) is 10.8 Å². The molecule has 2 rings (SSSR count). The third kappa shape index (κ3) is 3.82. The van der Waals surface area contributed by atoms with E-state index in [1.807, 2.05) is 69.4 Å². The molecule has 0 aliphatic heterocycles. The van der Waals surface area contributed by atoms with Gasteiger partial charge in [0.25, 0.3) is 0 Å². The number of hydrogen-bond donors (Lipinski definition) is 1. The number of anilines is 2. The highest BCUT2D eigenvalue weighted by Crippen LogP contribution is 2.27. The van der Waals surface area contributed by atoms with E-state index in [0.717, 1.165) is 22.1 Å². The lowest BCUT2D eigenvalue weighted by Gasteiger charge is -2.17. The molecule has 0 spiro atoms. The molecule has 0 radical (unpaired) electrons. The van der Waals surface area contributed by atoms with Crippen molar-refractivity contribution in [3.05, 3.63) is 29.6 Å². The molecule has 112 valence electrons. The Balaban J connectivity index is 2.13. The minimum atomic E-state index is -0.395. The van der Waals surface area contributed by atoms with Gasteiger partial charge in [0.2, 0.25) is 5.91 Å². The number of thiazole rings is 1. The Labute approximate surface area is 129 Å². The van der Waals surface area contributed by atoms with Gasteiger partial charge in [0, 0.05) is 36.1 Å². The average Bonchev–Trinajstić information content (AvgIpc) is 2.88. The molecule has 21 heavy (non-hydrogen) atoms. The summed E-state index contributed by atoms with van der Waals surface area (Å²) in [7, 11) is 3.96. The smallest absolute Gasteiger partial charge is 0.229 e. The predicted octanol–water partition coefficient (Wildman–Crippen LogP) is 3.86. The SMILES string of the molecule is CN(C)c1nc(-c2ccc(NC(=O)C(C)(C)C)cc2)cs1. The first-order chi connectivity index (χ1) is 9.77. The zero-order valence-electron chi connectivity index (χ0n) is 13.1. The van der Waals surface area contributed by atoms with Crippen molar-refractivity contribution < 1.29 is 4.79 Å². The molecule has 0 atom stereocenters. The normalized spacial score (nSPS) is 11.3. The Bertz CT molecular complexity index is 624. The maximum Gasteiger partial charge on any atom is 0.229 e. The maximum absolute atomic E-state index is 11.9. The lowest BCUT2D eigenvalue weighted by molar-refractivity contribution is -0.123. The number of benzene rings is 1. The van der Waals surface area contributed by atoms with Gasteiger partial charge in [-0.2, -0.15) is 0 Å². The number of aromatic nitrogens is 1. The summed E-state index contributed by atoms with van der Waals surface area (Å²) in [5.74, 6) is 0.0128. The van der Waals surface area contributed by atoms with Crippen LogP contribution in [0.3, 0.4) is 0 Å². The molecule has 0 saturated heterocycles. The summed E-state index contributed by atoms with van der Waals surface area (Å²) in [6, 6.07) is 7.78. The summed E-state index contributed by atoms with van der Waals surface area (Å²) >= 11 is 1.62. The molecule has 0 unspecified atom stereocenters. The third-order valence-corrected chi connectivity index (χ3v) is 4.00. The summed E-state index contributed by atoms with van der Waals surface area (Å²) in [4.78, 5) is 18.5. The fourth-order valence-corrected chi connectivity index (χ4v) is 2.41. The minimum Gasteiger partial charge on any atom is -0.354 e. The van der Waals surface area contributed by atoms with Crippen LogP contribution in [0.5, 0.6) is 0 Å². The van der Waals surface area contributed by atoms with E-state index in [9.17, 15) is 4.79 Å². The average molecular weight is 303 g/mol. The molecule has 2 aromatic rings. The fourth-order valence-electron chi connectivity index (χ4n) is 1.65. The molecule has 0 bridgehead atoms. The van der Waals surface area contributed by atoms with E-state index in [4.69, 9.17) is 0 Å². The van der Waals surface area contributed by atoms with Crippen molar-refractivity contribution in [2.45, 2.75) is 20.8 Å². The minimum absolute atomic E-state index is 0.0128. The third-order valence-electron chi connectivity index (χ3n) is 2.99. The molecule has 1 aromatic heterocycles. The molecular weight excluding hydrogens is 282 g/mol. The highest BCUT2D eigenvalue weighted by Gasteiger charge is 2.21. The second-order valence-corrected chi connectivity index (χ2v) is 7.03. The van der Waals surface area contributed by atoms with Crippen LogP contribution in [0.15, 0.2) is 29.6 Å². The van der Waals surface area contributed by atoms with Crippen molar-refractivity contribution in [2.24, 2.45) is 5.41 Å². The summed E-state index contributed by atoms with van der Waals surface area (Å²) in [5, 5.41) is 5.94. The van der Waals surface area contributed by atoms with Crippen LogP contribution in [-0.4, -0.2) is 25.0 Å². The van der Waals surface area contributed by atoms with Crippen LogP contribution in [0.1, 0.15) is 20.8 Å². The van der Waals surface area contributed by atoms with Crippen LogP contribution >= 0.6 is 11.3 Å². The molecule has 5 heteroatoms. The number of nitrogens with one attached hydrogen (secondary N) is 1. The van der Waals surface area contributed by atoms with Crippen molar-refractivity contribution >= 4 is 28.1 Å². The number of hydrogen-bond acceptors (Lipinski definition) is 4. The van der Waals surface area contributed by atoms with Crippen molar-refractivity contribution in [1.29, 1.82) is 0 Å².